The lowest BCUT2D eigenvalue weighted by atomic mass is 10.2. The summed E-state index contributed by atoms with van der Waals surface area (Å²) in [6.45, 7) is 6.73. The molecule has 0 amide bonds. The van der Waals surface area contributed by atoms with Crippen LogP contribution >= 0.6 is 0 Å². The number of methoxy groups -OCH3 is 2. The molecule has 0 atom stereocenters. The predicted octanol–water partition coefficient (Wildman–Crippen LogP) is 4.23. The van der Waals surface area contributed by atoms with E-state index in [2.05, 4.69) is 15.6 Å². The van der Waals surface area contributed by atoms with Crippen LogP contribution in [-0.4, -0.2) is 52.6 Å². The van der Waals surface area contributed by atoms with Crippen LogP contribution in [0.15, 0.2) is 47.5 Å². The van der Waals surface area contributed by atoms with Crippen molar-refractivity contribution in [2.24, 2.45) is 4.99 Å². The lowest BCUT2D eigenvalue weighted by Crippen LogP contribution is -2.32. The highest BCUT2D eigenvalue weighted by molar-refractivity contribution is 5.93. The molecule has 0 aliphatic carbocycles. The van der Waals surface area contributed by atoms with E-state index in [0.717, 1.165) is 23.4 Å². The highest BCUT2D eigenvalue weighted by Crippen LogP contribution is 2.19. The van der Waals surface area contributed by atoms with Gasteiger partial charge in [-0.1, -0.05) is 6.07 Å². The van der Waals surface area contributed by atoms with Crippen molar-refractivity contribution < 1.29 is 23.3 Å². The van der Waals surface area contributed by atoms with Crippen molar-refractivity contribution in [1.29, 1.82) is 0 Å². The smallest absolute Gasteiger partial charge is 0.196 e. The number of anilines is 1. The van der Waals surface area contributed by atoms with Gasteiger partial charge in [0.1, 0.15) is 5.75 Å². The summed E-state index contributed by atoms with van der Waals surface area (Å²) in [4.78, 5) is 4.60. The van der Waals surface area contributed by atoms with Gasteiger partial charge in [-0.05, 0) is 62.2 Å². The zero-order valence-corrected chi connectivity index (χ0v) is 19.3. The Morgan fingerprint density at radius 3 is 2.47 bits per heavy atom. The number of rotatable bonds is 13. The Kier molecular flexibility index (Phi) is 11.3. The molecule has 2 N–H and O–H groups in total. The number of benzene rings is 2. The predicted molar refractivity (Wildman–Crippen MR) is 125 cm³/mol. The first-order valence-corrected chi connectivity index (χ1v) is 10.7. The first-order valence-electron chi connectivity index (χ1n) is 10.7. The highest BCUT2D eigenvalue weighted by atomic mass is 19.1. The number of guanidine groups is 1. The van der Waals surface area contributed by atoms with Gasteiger partial charge in [0.2, 0.25) is 0 Å². The van der Waals surface area contributed by atoms with Crippen LogP contribution in [0.4, 0.5) is 10.1 Å². The molecule has 0 aromatic heterocycles. The van der Waals surface area contributed by atoms with Gasteiger partial charge in [-0.3, -0.25) is 0 Å². The van der Waals surface area contributed by atoms with Crippen LogP contribution in [0.5, 0.6) is 11.5 Å². The van der Waals surface area contributed by atoms with Gasteiger partial charge in [0.25, 0.3) is 0 Å². The quantitative estimate of drug-likeness (QED) is 0.272. The van der Waals surface area contributed by atoms with Crippen molar-refractivity contribution in [3.63, 3.8) is 0 Å². The Hall–Kier alpha value is -2.84. The molecule has 0 fully saturated rings. The van der Waals surface area contributed by atoms with E-state index in [1.165, 1.54) is 13.2 Å². The molecule has 176 valence electrons. The monoisotopic (exact) mass is 447 g/mol. The minimum atomic E-state index is -0.406. The Balaban J connectivity index is 1.99. The molecule has 2 aromatic carbocycles. The third-order valence-corrected chi connectivity index (χ3v) is 4.31. The molecule has 0 heterocycles. The summed E-state index contributed by atoms with van der Waals surface area (Å²) in [6, 6.07) is 12.5. The first-order chi connectivity index (χ1) is 15.5. The SMILES string of the molecule is COCCOCCCNC(=NCc1ccc(OC)c(F)c1)Nc1ccc(OC(C)C)cc1. The van der Waals surface area contributed by atoms with E-state index in [1.807, 2.05) is 38.1 Å². The maximum Gasteiger partial charge on any atom is 0.196 e. The molecule has 0 unspecified atom stereocenters. The number of ether oxygens (including phenoxy) is 4. The van der Waals surface area contributed by atoms with Crippen LogP contribution in [0.25, 0.3) is 0 Å². The van der Waals surface area contributed by atoms with Gasteiger partial charge in [0, 0.05) is 25.9 Å². The molecule has 0 bridgehead atoms. The molecular weight excluding hydrogens is 413 g/mol. The van der Waals surface area contributed by atoms with Gasteiger partial charge >= 0.3 is 0 Å². The van der Waals surface area contributed by atoms with Crippen LogP contribution in [-0.2, 0) is 16.0 Å². The van der Waals surface area contributed by atoms with Crippen LogP contribution in [0.3, 0.4) is 0 Å². The average molecular weight is 448 g/mol. The fraction of sp³-hybridized carbons (Fsp3) is 0.458. The summed E-state index contributed by atoms with van der Waals surface area (Å²) in [5.41, 5.74) is 1.61. The van der Waals surface area contributed by atoms with Crippen molar-refractivity contribution in [1.82, 2.24) is 5.32 Å². The molecule has 0 saturated heterocycles. The second kappa shape index (κ2) is 14.3. The number of nitrogens with one attached hydrogen (secondary N) is 2. The molecule has 7 nitrogen and oxygen atoms in total. The summed E-state index contributed by atoms with van der Waals surface area (Å²) in [5.74, 6) is 1.21. The lowest BCUT2D eigenvalue weighted by Gasteiger charge is -2.14. The zero-order valence-electron chi connectivity index (χ0n) is 19.3. The number of aliphatic imine (C=N–C) groups is 1. The number of nitrogens with zero attached hydrogens (tertiary/aromatic N) is 1. The summed E-state index contributed by atoms with van der Waals surface area (Å²) >= 11 is 0. The third-order valence-electron chi connectivity index (χ3n) is 4.31. The normalized spacial score (nSPS) is 11.5. The highest BCUT2D eigenvalue weighted by Gasteiger charge is 2.05. The second-order valence-corrected chi connectivity index (χ2v) is 7.34. The molecule has 0 aliphatic rings. The Bertz CT molecular complexity index is 828. The second-order valence-electron chi connectivity index (χ2n) is 7.34. The minimum absolute atomic E-state index is 0.114. The van der Waals surface area contributed by atoms with Gasteiger partial charge in [-0.2, -0.15) is 0 Å². The fourth-order valence-corrected chi connectivity index (χ4v) is 2.77. The molecule has 0 saturated carbocycles. The molecule has 8 heteroatoms. The molecular formula is C24H34FN3O4. The van der Waals surface area contributed by atoms with Gasteiger partial charge in [0.15, 0.2) is 17.5 Å². The number of halogens is 1. The summed E-state index contributed by atoms with van der Waals surface area (Å²) in [5, 5.41) is 6.57. The largest absolute Gasteiger partial charge is 0.494 e. The van der Waals surface area contributed by atoms with Crippen LogP contribution in [0.1, 0.15) is 25.8 Å². The topological polar surface area (TPSA) is 73.3 Å². The molecule has 32 heavy (non-hydrogen) atoms. The van der Waals surface area contributed by atoms with Gasteiger partial charge in [-0.25, -0.2) is 9.38 Å². The van der Waals surface area contributed by atoms with E-state index in [4.69, 9.17) is 18.9 Å². The Morgan fingerprint density at radius 1 is 1.03 bits per heavy atom. The van der Waals surface area contributed by atoms with Gasteiger partial charge < -0.3 is 29.6 Å². The van der Waals surface area contributed by atoms with E-state index >= 15 is 0 Å². The summed E-state index contributed by atoms with van der Waals surface area (Å²) < 4.78 is 35.1. The van der Waals surface area contributed by atoms with Crippen molar-refractivity contribution in [2.45, 2.75) is 32.9 Å². The Morgan fingerprint density at radius 2 is 1.81 bits per heavy atom. The Labute approximate surface area is 189 Å². The summed E-state index contributed by atoms with van der Waals surface area (Å²) in [6.07, 6.45) is 0.923. The molecule has 2 rings (SSSR count). The fourth-order valence-electron chi connectivity index (χ4n) is 2.77. The van der Waals surface area contributed by atoms with Crippen molar-refractivity contribution in [3.8, 4) is 11.5 Å². The van der Waals surface area contributed by atoms with Crippen LogP contribution in [0.2, 0.25) is 0 Å². The zero-order chi connectivity index (χ0) is 23.2. The maximum atomic E-state index is 14.0. The van der Waals surface area contributed by atoms with Crippen LogP contribution in [0, 0.1) is 5.82 Å². The first kappa shape index (κ1) is 25.4. The minimum Gasteiger partial charge on any atom is -0.494 e. The van der Waals surface area contributed by atoms with E-state index in [9.17, 15) is 4.39 Å². The molecule has 0 radical (unpaired) electrons. The third kappa shape index (κ3) is 9.53. The molecule has 0 aliphatic heterocycles. The van der Waals surface area contributed by atoms with Crippen molar-refractivity contribution in [2.75, 3.05) is 45.9 Å². The van der Waals surface area contributed by atoms with Gasteiger partial charge in [0.05, 0.1) is 33.0 Å². The number of hydrogen-bond acceptors (Lipinski definition) is 5. The number of hydrogen-bond donors (Lipinski definition) is 2. The standard InChI is InChI=1S/C24H34FN3O4/c1-18(2)32-21-9-7-20(8-10-21)28-24(26-12-5-13-31-15-14-29-3)27-17-19-6-11-23(30-4)22(25)16-19/h6-11,16,18H,5,12-15,17H2,1-4H3,(H2,26,27,28). The van der Waals surface area contributed by atoms with Crippen molar-refractivity contribution >= 4 is 11.6 Å². The van der Waals surface area contributed by atoms with E-state index in [1.54, 1.807) is 19.2 Å². The van der Waals surface area contributed by atoms with E-state index in [0.29, 0.717) is 38.9 Å². The summed E-state index contributed by atoms with van der Waals surface area (Å²) in [7, 11) is 3.09. The average Bonchev–Trinajstić information content (AvgIpc) is 2.77. The molecule has 0 spiro atoms. The maximum absolute atomic E-state index is 14.0. The van der Waals surface area contributed by atoms with Crippen molar-refractivity contribution in [3.05, 3.63) is 53.8 Å². The van der Waals surface area contributed by atoms with E-state index in [-0.39, 0.29) is 11.9 Å². The molecule has 2 aromatic rings. The lowest BCUT2D eigenvalue weighted by molar-refractivity contribution is 0.0699. The van der Waals surface area contributed by atoms with Gasteiger partial charge in [-0.15, -0.1) is 0 Å². The van der Waals surface area contributed by atoms with E-state index < -0.39 is 5.82 Å². The van der Waals surface area contributed by atoms with Crippen LogP contribution < -0.4 is 20.1 Å².